The van der Waals surface area contributed by atoms with Crippen molar-refractivity contribution in [3.8, 4) is 0 Å². The summed E-state index contributed by atoms with van der Waals surface area (Å²) in [6.45, 7) is 3.85. The van der Waals surface area contributed by atoms with Crippen LogP contribution in [-0.2, 0) is 6.42 Å². The van der Waals surface area contributed by atoms with Crippen LogP contribution >= 0.6 is 0 Å². The highest BCUT2D eigenvalue weighted by Crippen LogP contribution is 2.43. The first-order valence-electron chi connectivity index (χ1n) is 10.7. The molecule has 0 spiro atoms. The third-order valence-corrected chi connectivity index (χ3v) is 7.05. The van der Waals surface area contributed by atoms with Gasteiger partial charge >= 0.3 is 0 Å². The van der Waals surface area contributed by atoms with E-state index in [1.165, 1.54) is 76.3 Å². The van der Waals surface area contributed by atoms with E-state index in [1.807, 2.05) is 0 Å². The lowest BCUT2D eigenvalue weighted by molar-refractivity contribution is 0.141. The van der Waals surface area contributed by atoms with Gasteiger partial charge in [-0.1, -0.05) is 37.8 Å². The number of allylic oxidation sites excluding steroid dienone is 1. The van der Waals surface area contributed by atoms with Crippen molar-refractivity contribution in [2.45, 2.75) is 77.0 Å². The Kier molecular flexibility index (Phi) is 7.28. The van der Waals surface area contributed by atoms with Crippen LogP contribution in [-0.4, -0.2) is 0 Å². The summed E-state index contributed by atoms with van der Waals surface area (Å²) < 4.78 is 26.3. The average molecular weight is 361 g/mol. The zero-order valence-electron chi connectivity index (χ0n) is 16.1. The molecule has 0 heterocycles. The SMILES string of the molecule is C=CCCC1CCC(C2CCC(CCc3ccc(F)c(F)c3)CC2)CC1. The smallest absolute Gasteiger partial charge is 0.159 e. The second-order valence-corrected chi connectivity index (χ2v) is 8.71. The van der Waals surface area contributed by atoms with Gasteiger partial charge in [0.05, 0.1) is 0 Å². The topological polar surface area (TPSA) is 0 Å². The summed E-state index contributed by atoms with van der Waals surface area (Å²) in [5.41, 5.74) is 0.934. The molecule has 2 aliphatic rings. The molecule has 2 fully saturated rings. The van der Waals surface area contributed by atoms with Crippen LogP contribution in [0.4, 0.5) is 8.78 Å². The van der Waals surface area contributed by atoms with Crippen molar-refractivity contribution >= 4 is 0 Å². The molecule has 0 saturated heterocycles. The molecule has 0 aliphatic heterocycles. The second kappa shape index (κ2) is 9.67. The minimum Gasteiger partial charge on any atom is -0.204 e. The van der Waals surface area contributed by atoms with Gasteiger partial charge in [0.15, 0.2) is 11.6 Å². The van der Waals surface area contributed by atoms with Crippen LogP contribution in [0.15, 0.2) is 30.9 Å². The van der Waals surface area contributed by atoms with Crippen LogP contribution in [0.25, 0.3) is 0 Å². The summed E-state index contributed by atoms with van der Waals surface area (Å²) in [5, 5.41) is 0. The highest BCUT2D eigenvalue weighted by molar-refractivity contribution is 5.17. The lowest BCUT2D eigenvalue weighted by Gasteiger charge is -2.38. The molecule has 26 heavy (non-hydrogen) atoms. The molecule has 2 heteroatoms. The Bertz CT molecular complexity index is 564. The van der Waals surface area contributed by atoms with Crippen molar-refractivity contribution in [2.75, 3.05) is 0 Å². The molecule has 0 bridgehead atoms. The van der Waals surface area contributed by atoms with Crippen molar-refractivity contribution in [1.82, 2.24) is 0 Å². The Morgan fingerprint density at radius 1 is 0.808 bits per heavy atom. The summed E-state index contributed by atoms with van der Waals surface area (Å²) >= 11 is 0. The summed E-state index contributed by atoms with van der Waals surface area (Å²) in [6.07, 6.45) is 17.7. The zero-order valence-corrected chi connectivity index (χ0v) is 16.1. The minimum absolute atomic E-state index is 0.713. The monoisotopic (exact) mass is 360 g/mol. The normalized spacial score (nSPS) is 29.5. The van der Waals surface area contributed by atoms with Crippen LogP contribution in [0.2, 0.25) is 0 Å². The van der Waals surface area contributed by atoms with Gasteiger partial charge in [0.2, 0.25) is 0 Å². The first-order valence-corrected chi connectivity index (χ1v) is 10.7. The van der Waals surface area contributed by atoms with E-state index in [-0.39, 0.29) is 0 Å². The number of hydrogen-bond acceptors (Lipinski definition) is 0. The van der Waals surface area contributed by atoms with E-state index in [0.717, 1.165) is 42.1 Å². The maximum Gasteiger partial charge on any atom is 0.159 e. The fourth-order valence-corrected chi connectivity index (χ4v) is 5.32. The quantitative estimate of drug-likeness (QED) is 0.442. The van der Waals surface area contributed by atoms with E-state index in [2.05, 4.69) is 12.7 Å². The molecule has 0 atom stereocenters. The van der Waals surface area contributed by atoms with Crippen LogP contribution < -0.4 is 0 Å². The number of benzene rings is 1. The molecule has 144 valence electrons. The molecule has 1 aromatic rings. The predicted octanol–water partition coefficient (Wildman–Crippen LogP) is 7.48. The van der Waals surface area contributed by atoms with Gasteiger partial charge in [0.25, 0.3) is 0 Å². The lowest BCUT2D eigenvalue weighted by atomic mass is 9.68. The molecule has 0 aromatic heterocycles. The second-order valence-electron chi connectivity index (χ2n) is 8.71. The molecular formula is C24H34F2. The van der Waals surface area contributed by atoms with Crippen LogP contribution in [0.5, 0.6) is 0 Å². The Balaban J connectivity index is 1.36. The first kappa shape index (κ1) is 19.6. The van der Waals surface area contributed by atoms with E-state index in [1.54, 1.807) is 6.07 Å². The third-order valence-electron chi connectivity index (χ3n) is 7.05. The van der Waals surface area contributed by atoms with Crippen molar-refractivity contribution < 1.29 is 8.78 Å². The van der Waals surface area contributed by atoms with Crippen molar-refractivity contribution in [3.63, 3.8) is 0 Å². The van der Waals surface area contributed by atoms with E-state index in [9.17, 15) is 8.78 Å². The molecule has 0 unspecified atom stereocenters. The highest BCUT2D eigenvalue weighted by Gasteiger charge is 2.30. The van der Waals surface area contributed by atoms with Crippen LogP contribution in [0, 0.1) is 35.3 Å². The molecule has 1 aromatic carbocycles. The number of halogens is 2. The van der Waals surface area contributed by atoms with Gasteiger partial charge in [0, 0.05) is 0 Å². The molecule has 3 rings (SSSR count). The fraction of sp³-hybridized carbons (Fsp3) is 0.667. The standard InChI is InChI=1S/C24H34F2/c1-2-3-4-18-7-12-21(13-8-18)22-14-9-19(10-15-22)5-6-20-11-16-23(25)24(26)17-20/h2,11,16-19,21-22H,1,3-10,12-15H2. The van der Waals surface area contributed by atoms with Gasteiger partial charge in [0.1, 0.15) is 0 Å². The lowest BCUT2D eigenvalue weighted by Crippen LogP contribution is -2.26. The van der Waals surface area contributed by atoms with Crippen molar-refractivity contribution in [2.24, 2.45) is 23.7 Å². The van der Waals surface area contributed by atoms with Gasteiger partial charge in [-0.3, -0.25) is 0 Å². The third kappa shape index (κ3) is 5.41. The van der Waals surface area contributed by atoms with E-state index in [0.29, 0.717) is 0 Å². The Hall–Kier alpha value is -1.18. The van der Waals surface area contributed by atoms with Crippen LogP contribution in [0.1, 0.15) is 76.2 Å². The summed E-state index contributed by atoms with van der Waals surface area (Å²) in [6, 6.07) is 4.35. The molecule has 0 radical (unpaired) electrons. The first-order chi connectivity index (χ1) is 12.7. The summed E-state index contributed by atoms with van der Waals surface area (Å²) in [4.78, 5) is 0. The molecule has 0 nitrogen and oxygen atoms in total. The number of hydrogen-bond donors (Lipinski definition) is 0. The maximum atomic E-state index is 13.3. The molecule has 0 amide bonds. The van der Waals surface area contributed by atoms with Crippen molar-refractivity contribution in [3.05, 3.63) is 48.1 Å². The van der Waals surface area contributed by atoms with Gasteiger partial charge in [-0.25, -0.2) is 8.78 Å². The number of aryl methyl sites for hydroxylation is 1. The van der Waals surface area contributed by atoms with E-state index < -0.39 is 11.6 Å². The average Bonchev–Trinajstić information content (AvgIpc) is 2.68. The Labute approximate surface area is 158 Å². The van der Waals surface area contributed by atoms with Gasteiger partial charge < -0.3 is 0 Å². The number of rotatable bonds is 7. The molecular weight excluding hydrogens is 326 g/mol. The Morgan fingerprint density at radius 3 is 1.92 bits per heavy atom. The molecule has 2 saturated carbocycles. The van der Waals surface area contributed by atoms with Crippen molar-refractivity contribution in [1.29, 1.82) is 0 Å². The van der Waals surface area contributed by atoms with Crippen LogP contribution in [0.3, 0.4) is 0 Å². The summed E-state index contributed by atoms with van der Waals surface area (Å²) in [5.74, 6) is 2.15. The largest absolute Gasteiger partial charge is 0.204 e. The van der Waals surface area contributed by atoms with Gasteiger partial charge in [-0.05, 0) is 92.7 Å². The minimum atomic E-state index is -0.742. The van der Waals surface area contributed by atoms with Gasteiger partial charge in [-0.15, -0.1) is 6.58 Å². The Morgan fingerprint density at radius 2 is 1.38 bits per heavy atom. The van der Waals surface area contributed by atoms with Gasteiger partial charge in [-0.2, -0.15) is 0 Å². The fourth-order valence-electron chi connectivity index (χ4n) is 5.32. The highest BCUT2D eigenvalue weighted by atomic mass is 19.2. The maximum absolute atomic E-state index is 13.3. The van der Waals surface area contributed by atoms with E-state index >= 15 is 0 Å². The van der Waals surface area contributed by atoms with E-state index in [4.69, 9.17) is 0 Å². The summed E-state index contributed by atoms with van der Waals surface area (Å²) in [7, 11) is 0. The predicted molar refractivity (Wildman–Crippen MR) is 105 cm³/mol. The zero-order chi connectivity index (χ0) is 18.4. The molecule has 0 N–H and O–H groups in total. The molecule has 2 aliphatic carbocycles.